The average Bonchev–Trinajstić information content (AvgIpc) is 2.39. The van der Waals surface area contributed by atoms with Crippen LogP contribution >= 0.6 is 0 Å². The molecule has 7 nitrogen and oxygen atoms in total. The molecule has 0 heterocycles. The van der Waals surface area contributed by atoms with Gasteiger partial charge in [-0.3, -0.25) is 14.3 Å². The lowest BCUT2D eigenvalue weighted by Crippen LogP contribution is -2.17. The highest BCUT2D eigenvalue weighted by atomic mass is 32.2. The summed E-state index contributed by atoms with van der Waals surface area (Å²) in [4.78, 5) is 21.8. The fourth-order valence-corrected chi connectivity index (χ4v) is 2.69. The summed E-state index contributed by atoms with van der Waals surface area (Å²) in [6.45, 7) is 1.39. The van der Waals surface area contributed by atoms with Crippen LogP contribution in [-0.2, 0) is 24.3 Å². The van der Waals surface area contributed by atoms with Crippen LogP contribution in [0.2, 0.25) is 0 Å². The van der Waals surface area contributed by atoms with Gasteiger partial charge in [-0.1, -0.05) is 0 Å². The van der Waals surface area contributed by atoms with Crippen LogP contribution in [0.25, 0.3) is 0 Å². The van der Waals surface area contributed by atoms with E-state index in [4.69, 9.17) is 0 Å². The van der Waals surface area contributed by atoms with Gasteiger partial charge in [0, 0.05) is 24.7 Å². The Hall–Kier alpha value is -2.09. The average molecular weight is 314 g/mol. The van der Waals surface area contributed by atoms with Crippen molar-refractivity contribution in [1.29, 1.82) is 0 Å². The smallest absolute Gasteiger partial charge is 0.305 e. The number of nitrogens with one attached hydrogen (secondary N) is 2. The number of methoxy groups -OCH3 is 1. The first kappa shape index (κ1) is 17.0. The molecule has 1 aromatic carbocycles. The first-order valence-electron chi connectivity index (χ1n) is 6.27. The SMILES string of the molecule is COC(=O)CCCS(=O)(=O)Nc1ccc(NC(C)=O)cc1. The number of benzene rings is 1. The van der Waals surface area contributed by atoms with E-state index in [1.54, 1.807) is 24.3 Å². The first-order chi connectivity index (χ1) is 9.82. The van der Waals surface area contributed by atoms with Crippen molar-refractivity contribution in [3.05, 3.63) is 24.3 Å². The molecule has 0 spiro atoms. The number of hydrogen-bond donors (Lipinski definition) is 2. The molecule has 0 aliphatic carbocycles. The van der Waals surface area contributed by atoms with Gasteiger partial charge in [0.15, 0.2) is 0 Å². The second kappa shape index (κ2) is 7.63. The van der Waals surface area contributed by atoms with Crippen LogP contribution in [0.3, 0.4) is 0 Å². The van der Waals surface area contributed by atoms with Gasteiger partial charge < -0.3 is 10.1 Å². The van der Waals surface area contributed by atoms with Crippen LogP contribution in [-0.4, -0.2) is 33.2 Å². The number of ether oxygens (including phenoxy) is 1. The zero-order valence-electron chi connectivity index (χ0n) is 11.9. The van der Waals surface area contributed by atoms with Gasteiger partial charge in [0.05, 0.1) is 12.9 Å². The number of carbonyl (C=O) groups is 2. The van der Waals surface area contributed by atoms with E-state index in [0.29, 0.717) is 11.4 Å². The molecule has 0 fully saturated rings. The Morgan fingerprint density at radius 3 is 2.24 bits per heavy atom. The van der Waals surface area contributed by atoms with Gasteiger partial charge in [-0.15, -0.1) is 0 Å². The summed E-state index contributed by atoms with van der Waals surface area (Å²) in [5.41, 5.74) is 0.971. The summed E-state index contributed by atoms with van der Waals surface area (Å²) < 4.78 is 30.4. The summed E-state index contributed by atoms with van der Waals surface area (Å²) in [7, 11) is -2.26. The predicted octanol–water partition coefficient (Wildman–Crippen LogP) is 1.34. The Balaban J connectivity index is 2.54. The van der Waals surface area contributed by atoms with Gasteiger partial charge in [0.25, 0.3) is 0 Å². The summed E-state index contributed by atoms with van der Waals surface area (Å²) in [6.07, 6.45) is 0.241. The van der Waals surface area contributed by atoms with E-state index in [1.807, 2.05) is 0 Å². The van der Waals surface area contributed by atoms with Gasteiger partial charge in [-0.25, -0.2) is 8.42 Å². The van der Waals surface area contributed by atoms with Gasteiger partial charge in [0.1, 0.15) is 0 Å². The van der Waals surface area contributed by atoms with E-state index in [9.17, 15) is 18.0 Å². The molecule has 8 heteroatoms. The largest absolute Gasteiger partial charge is 0.469 e. The third-order valence-corrected chi connectivity index (χ3v) is 3.87. The molecule has 0 radical (unpaired) electrons. The molecule has 0 unspecified atom stereocenters. The van der Waals surface area contributed by atoms with Crippen LogP contribution in [0, 0.1) is 0 Å². The van der Waals surface area contributed by atoms with Crippen molar-refractivity contribution in [3.63, 3.8) is 0 Å². The highest BCUT2D eigenvalue weighted by molar-refractivity contribution is 7.92. The van der Waals surface area contributed by atoms with E-state index < -0.39 is 16.0 Å². The molecule has 0 aromatic heterocycles. The number of sulfonamides is 1. The monoisotopic (exact) mass is 314 g/mol. The van der Waals surface area contributed by atoms with Crippen molar-refractivity contribution < 1.29 is 22.7 Å². The maximum atomic E-state index is 11.8. The molecule has 0 saturated heterocycles. The number of amides is 1. The summed E-state index contributed by atoms with van der Waals surface area (Å²) >= 11 is 0. The van der Waals surface area contributed by atoms with Crippen LogP contribution in [0.5, 0.6) is 0 Å². The fourth-order valence-electron chi connectivity index (χ4n) is 1.56. The molecular weight excluding hydrogens is 296 g/mol. The van der Waals surface area contributed by atoms with E-state index in [2.05, 4.69) is 14.8 Å². The predicted molar refractivity (Wildman–Crippen MR) is 79.4 cm³/mol. The minimum Gasteiger partial charge on any atom is -0.469 e. The summed E-state index contributed by atoms with van der Waals surface area (Å²) in [6, 6.07) is 6.27. The lowest BCUT2D eigenvalue weighted by Gasteiger charge is -2.08. The van der Waals surface area contributed by atoms with Crippen molar-refractivity contribution >= 4 is 33.3 Å². The normalized spacial score (nSPS) is 10.8. The molecule has 1 rings (SSSR count). The Kier molecular flexibility index (Phi) is 6.16. The van der Waals surface area contributed by atoms with Crippen LogP contribution in [0.15, 0.2) is 24.3 Å². The van der Waals surface area contributed by atoms with Gasteiger partial charge in [-0.05, 0) is 30.7 Å². The molecule has 116 valence electrons. The van der Waals surface area contributed by atoms with Crippen LogP contribution < -0.4 is 10.0 Å². The second-order valence-electron chi connectivity index (χ2n) is 4.36. The minimum absolute atomic E-state index is 0.0544. The molecular formula is C13H18N2O5S. The van der Waals surface area contributed by atoms with E-state index in [0.717, 1.165) is 0 Å². The third kappa shape index (κ3) is 6.75. The third-order valence-electron chi connectivity index (χ3n) is 2.50. The van der Waals surface area contributed by atoms with Crippen molar-refractivity contribution in [1.82, 2.24) is 0 Å². The van der Waals surface area contributed by atoms with E-state index in [1.165, 1.54) is 14.0 Å². The standard InChI is InChI=1S/C13H18N2O5S/c1-10(16)14-11-5-7-12(8-6-11)15-21(18,19)9-3-4-13(17)20-2/h5-8,15H,3-4,9H2,1-2H3,(H,14,16). The molecule has 0 bridgehead atoms. The summed E-state index contributed by atoms with van der Waals surface area (Å²) in [5.74, 6) is -0.814. The van der Waals surface area contributed by atoms with Gasteiger partial charge in [0.2, 0.25) is 15.9 Å². The molecule has 0 aliphatic rings. The molecule has 1 aromatic rings. The Labute approximate surface area is 123 Å². The number of hydrogen-bond acceptors (Lipinski definition) is 5. The lowest BCUT2D eigenvalue weighted by molar-refractivity contribution is -0.140. The number of carbonyl (C=O) groups excluding carboxylic acids is 2. The highest BCUT2D eigenvalue weighted by Gasteiger charge is 2.12. The maximum Gasteiger partial charge on any atom is 0.305 e. The van der Waals surface area contributed by atoms with Crippen LogP contribution in [0.4, 0.5) is 11.4 Å². The quantitative estimate of drug-likeness (QED) is 0.740. The molecule has 0 atom stereocenters. The fraction of sp³-hybridized carbons (Fsp3) is 0.385. The number of esters is 1. The Bertz CT molecular complexity index is 595. The highest BCUT2D eigenvalue weighted by Crippen LogP contribution is 2.15. The molecule has 0 saturated carbocycles. The zero-order valence-corrected chi connectivity index (χ0v) is 12.7. The van der Waals surface area contributed by atoms with Gasteiger partial charge in [-0.2, -0.15) is 0 Å². The van der Waals surface area contributed by atoms with Crippen molar-refractivity contribution in [3.8, 4) is 0 Å². The Morgan fingerprint density at radius 2 is 1.71 bits per heavy atom. The lowest BCUT2D eigenvalue weighted by atomic mass is 10.3. The second-order valence-corrected chi connectivity index (χ2v) is 6.20. The van der Waals surface area contributed by atoms with E-state index >= 15 is 0 Å². The number of anilines is 2. The first-order valence-corrected chi connectivity index (χ1v) is 7.92. The number of rotatable bonds is 7. The molecule has 1 amide bonds. The van der Waals surface area contributed by atoms with E-state index in [-0.39, 0.29) is 24.5 Å². The van der Waals surface area contributed by atoms with Crippen molar-refractivity contribution in [2.45, 2.75) is 19.8 Å². The van der Waals surface area contributed by atoms with Gasteiger partial charge >= 0.3 is 5.97 Å². The molecule has 2 N–H and O–H groups in total. The molecule has 0 aliphatic heterocycles. The molecule has 21 heavy (non-hydrogen) atoms. The minimum atomic E-state index is -3.52. The van der Waals surface area contributed by atoms with Crippen LogP contribution in [0.1, 0.15) is 19.8 Å². The topological polar surface area (TPSA) is 102 Å². The zero-order chi connectivity index (χ0) is 15.9. The van der Waals surface area contributed by atoms with Crippen molar-refractivity contribution in [2.24, 2.45) is 0 Å². The van der Waals surface area contributed by atoms with Crippen molar-refractivity contribution in [2.75, 3.05) is 22.9 Å². The maximum absolute atomic E-state index is 11.8. The summed E-state index contributed by atoms with van der Waals surface area (Å²) in [5, 5.41) is 2.58. The Morgan fingerprint density at radius 1 is 1.14 bits per heavy atom.